The van der Waals surface area contributed by atoms with Crippen LogP contribution in [-0.2, 0) is 24.7 Å². The van der Waals surface area contributed by atoms with Gasteiger partial charge in [0.25, 0.3) is 0 Å². The van der Waals surface area contributed by atoms with Crippen molar-refractivity contribution in [3.63, 3.8) is 0 Å². The molecule has 1 heterocycles. The smallest absolute Gasteiger partial charge is 0.244 e. The monoisotopic (exact) mass is 447 g/mol. The second kappa shape index (κ2) is 8.55. The second-order valence-electron chi connectivity index (χ2n) is 7.04. The van der Waals surface area contributed by atoms with Crippen LogP contribution >= 0.6 is 0 Å². The summed E-state index contributed by atoms with van der Waals surface area (Å²) in [6.07, 6.45) is 1.55. The van der Waals surface area contributed by atoms with E-state index >= 15 is 0 Å². The fourth-order valence-electron chi connectivity index (χ4n) is 3.39. The molecule has 1 N–H and O–H groups in total. The fraction of sp³-hybridized carbons (Fsp3) is 0.300. The summed E-state index contributed by atoms with van der Waals surface area (Å²) in [6, 6.07) is 14.2. The van der Waals surface area contributed by atoms with Crippen LogP contribution in [0, 0.1) is 17.2 Å². The number of nitrogens with one attached hydrogen (secondary N) is 1. The molecule has 30 heavy (non-hydrogen) atoms. The maximum atomic E-state index is 13.0. The third-order valence-corrected chi connectivity index (χ3v) is 8.24. The summed E-state index contributed by atoms with van der Waals surface area (Å²) in [7, 11) is -7.73. The van der Waals surface area contributed by atoms with Crippen LogP contribution in [0.15, 0.2) is 58.3 Å². The lowest BCUT2D eigenvalue weighted by molar-refractivity contribution is -0.120. The Morgan fingerprint density at radius 1 is 1.00 bits per heavy atom. The molecule has 0 aliphatic carbocycles. The van der Waals surface area contributed by atoms with E-state index in [0.29, 0.717) is 24.1 Å². The normalized spacial score (nSPS) is 16.0. The Hall–Kier alpha value is -2.74. The summed E-state index contributed by atoms with van der Waals surface area (Å²) >= 11 is 0. The van der Waals surface area contributed by atoms with Gasteiger partial charge >= 0.3 is 0 Å². The largest absolute Gasteiger partial charge is 0.325 e. The number of sulfonamides is 1. The Balaban J connectivity index is 1.73. The maximum absolute atomic E-state index is 13.0. The van der Waals surface area contributed by atoms with E-state index < -0.39 is 25.8 Å². The van der Waals surface area contributed by atoms with Gasteiger partial charge in [-0.1, -0.05) is 24.3 Å². The van der Waals surface area contributed by atoms with E-state index in [0.717, 1.165) is 6.26 Å². The topological polar surface area (TPSA) is 124 Å². The number of benzene rings is 2. The average Bonchev–Trinajstić information content (AvgIpc) is 2.73. The van der Waals surface area contributed by atoms with E-state index in [4.69, 9.17) is 5.26 Å². The quantitative estimate of drug-likeness (QED) is 0.747. The molecular weight excluding hydrogens is 426 g/mol. The van der Waals surface area contributed by atoms with E-state index in [1.165, 1.54) is 28.6 Å². The minimum atomic E-state index is -4.02. The molecular formula is C20H21N3O5S2. The first-order valence-corrected chi connectivity index (χ1v) is 12.6. The first kappa shape index (κ1) is 22.0. The molecule has 3 rings (SSSR count). The Bertz CT molecular complexity index is 1210. The van der Waals surface area contributed by atoms with Gasteiger partial charge < -0.3 is 5.32 Å². The number of nitrogens with zero attached hydrogens (tertiary/aromatic N) is 2. The van der Waals surface area contributed by atoms with E-state index in [2.05, 4.69) is 5.32 Å². The van der Waals surface area contributed by atoms with Gasteiger partial charge in [-0.05, 0) is 37.1 Å². The summed E-state index contributed by atoms with van der Waals surface area (Å²) < 4.78 is 51.3. The van der Waals surface area contributed by atoms with Crippen LogP contribution in [0.1, 0.15) is 18.4 Å². The lowest BCUT2D eigenvalue weighted by Gasteiger charge is -2.31. The van der Waals surface area contributed by atoms with Crippen molar-refractivity contribution in [2.75, 3.05) is 24.7 Å². The molecule has 2 aromatic rings. The zero-order chi connectivity index (χ0) is 21.9. The summed E-state index contributed by atoms with van der Waals surface area (Å²) in [5.41, 5.74) is 0.769. The van der Waals surface area contributed by atoms with Crippen LogP contribution in [0.3, 0.4) is 0 Å². The van der Waals surface area contributed by atoms with Crippen molar-refractivity contribution < 1.29 is 21.6 Å². The zero-order valence-corrected chi connectivity index (χ0v) is 17.9. The summed E-state index contributed by atoms with van der Waals surface area (Å²) in [6.45, 7) is 0.191. The summed E-state index contributed by atoms with van der Waals surface area (Å²) in [4.78, 5) is 12.1. The van der Waals surface area contributed by atoms with E-state index in [-0.39, 0.29) is 28.8 Å². The first-order chi connectivity index (χ1) is 14.1. The molecule has 0 spiro atoms. The molecule has 0 radical (unpaired) electrons. The molecule has 2 aromatic carbocycles. The molecule has 158 valence electrons. The highest BCUT2D eigenvalue weighted by atomic mass is 32.2. The number of hydrogen-bond donors (Lipinski definition) is 1. The predicted octanol–water partition coefficient (Wildman–Crippen LogP) is 2.00. The van der Waals surface area contributed by atoms with Crippen LogP contribution in [0.25, 0.3) is 0 Å². The highest BCUT2D eigenvalue weighted by Crippen LogP contribution is 2.28. The third kappa shape index (κ3) is 4.53. The van der Waals surface area contributed by atoms with Gasteiger partial charge in [0.1, 0.15) is 11.0 Å². The molecule has 0 aromatic heterocycles. The van der Waals surface area contributed by atoms with Crippen LogP contribution in [-0.4, -0.2) is 46.4 Å². The number of anilines is 1. The Morgan fingerprint density at radius 2 is 1.57 bits per heavy atom. The van der Waals surface area contributed by atoms with Crippen molar-refractivity contribution in [2.24, 2.45) is 5.92 Å². The highest BCUT2D eigenvalue weighted by Gasteiger charge is 2.34. The molecule has 10 heteroatoms. The first-order valence-electron chi connectivity index (χ1n) is 9.24. The minimum absolute atomic E-state index is 0.0956. The molecule has 0 atom stereocenters. The second-order valence-corrected chi connectivity index (χ2v) is 10.9. The van der Waals surface area contributed by atoms with Crippen molar-refractivity contribution in [3.05, 3.63) is 54.1 Å². The molecule has 0 saturated carbocycles. The molecule has 1 amide bonds. The van der Waals surface area contributed by atoms with Crippen molar-refractivity contribution in [1.29, 1.82) is 5.26 Å². The molecule has 1 aliphatic rings. The van der Waals surface area contributed by atoms with Crippen LogP contribution < -0.4 is 5.32 Å². The zero-order valence-electron chi connectivity index (χ0n) is 16.3. The minimum Gasteiger partial charge on any atom is -0.325 e. The van der Waals surface area contributed by atoms with Gasteiger partial charge in [0.05, 0.1) is 16.1 Å². The Kier molecular flexibility index (Phi) is 6.26. The maximum Gasteiger partial charge on any atom is 0.244 e. The van der Waals surface area contributed by atoms with Gasteiger partial charge in [0.15, 0.2) is 9.84 Å². The highest BCUT2D eigenvalue weighted by molar-refractivity contribution is 7.93. The molecule has 1 fully saturated rings. The SMILES string of the molecule is CS(=O)(=O)c1ccccc1S(=O)(=O)N1CCC(C(=O)Nc2ccccc2C#N)CC1. The lowest BCUT2D eigenvalue weighted by atomic mass is 9.97. The number of hydrogen-bond acceptors (Lipinski definition) is 6. The van der Waals surface area contributed by atoms with Gasteiger partial charge in [-0.2, -0.15) is 9.57 Å². The number of amides is 1. The summed E-state index contributed by atoms with van der Waals surface area (Å²) in [5, 5.41) is 11.9. The van der Waals surface area contributed by atoms with Gasteiger partial charge in [-0.15, -0.1) is 0 Å². The summed E-state index contributed by atoms with van der Waals surface area (Å²) in [5.74, 6) is -0.681. The van der Waals surface area contributed by atoms with Crippen LogP contribution in [0.4, 0.5) is 5.69 Å². The van der Waals surface area contributed by atoms with Crippen molar-refractivity contribution >= 4 is 31.5 Å². The standard InChI is InChI=1S/C20H21N3O5S2/c1-29(25,26)18-8-4-5-9-19(18)30(27,28)23-12-10-15(11-13-23)20(24)22-17-7-3-2-6-16(17)14-21/h2-9,15H,10-13H2,1H3,(H,22,24). The molecule has 0 unspecified atom stereocenters. The number of sulfone groups is 1. The van der Waals surface area contributed by atoms with E-state index in [1.807, 2.05) is 6.07 Å². The van der Waals surface area contributed by atoms with Crippen molar-refractivity contribution in [2.45, 2.75) is 22.6 Å². The predicted molar refractivity (Wildman–Crippen MR) is 111 cm³/mol. The van der Waals surface area contributed by atoms with Crippen LogP contribution in [0.5, 0.6) is 0 Å². The fourth-order valence-corrected chi connectivity index (χ4v) is 6.46. The average molecular weight is 448 g/mol. The third-order valence-electron chi connectivity index (χ3n) is 5.00. The number of para-hydroxylation sites is 1. The lowest BCUT2D eigenvalue weighted by Crippen LogP contribution is -2.41. The van der Waals surface area contributed by atoms with Crippen molar-refractivity contribution in [3.8, 4) is 6.07 Å². The number of nitriles is 1. The van der Waals surface area contributed by atoms with Gasteiger partial charge in [0, 0.05) is 25.3 Å². The van der Waals surface area contributed by atoms with Gasteiger partial charge in [0.2, 0.25) is 15.9 Å². The number of carbonyl (C=O) groups is 1. The molecule has 0 bridgehead atoms. The Morgan fingerprint density at radius 3 is 2.17 bits per heavy atom. The molecule has 8 nitrogen and oxygen atoms in total. The number of rotatable bonds is 5. The number of carbonyl (C=O) groups excluding carboxylic acids is 1. The number of piperidine rings is 1. The van der Waals surface area contributed by atoms with E-state index in [9.17, 15) is 21.6 Å². The van der Waals surface area contributed by atoms with Gasteiger partial charge in [-0.25, -0.2) is 16.8 Å². The molecule has 1 saturated heterocycles. The molecule has 1 aliphatic heterocycles. The van der Waals surface area contributed by atoms with Crippen molar-refractivity contribution in [1.82, 2.24) is 4.31 Å². The van der Waals surface area contributed by atoms with E-state index in [1.54, 1.807) is 24.3 Å². The van der Waals surface area contributed by atoms with Gasteiger partial charge in [-0.3, -0.25) is 4.79 Å². The van der Waals surface area contributed by atoms with Crippen LogP contribution in [0.2, 0.25) is 0 Å². The Labute approximate surface area is 176 Å².